The highest BCUT2D eigenvalue weighted by Gasteiger charge is 2.18. The van der Waals surface area contributed by atoms with E-state index in [1.165, 1.54) is 0 Å². The van der Waals surface area contributed by atoms with Gasteiger partial charge in [-0.05, 0) is 42.4 Å². The smallest absolute Gasteiger partial charge is 0.303 e. The third kappa shape index (κ3) is 6.26. The first-order valence-corrected chi connectivity index (χ1v) is 9.98. The topological polar surface area (TPSA) is 77.0 Å². The number of hydrogen-bond donors (Lipinski definition) is 3. The molecule has 24 heavy (non-hydrogen) atoms. The third-order valence-electron chi connectivity index (χ3n) is 3.43. The number of halogens is 1. The largest absolute Gasteiger partial charge is 0.496 e. The van der Waals surface area contributed by atoms with Gasteiger partial charge in [-0.15, -0.1) is 4.33 Å². The second-order valence-electron chi connectivity index (χ2n) is 5.32. The minimum absolute atomic E-state index is 0.244. The zero-order valence-electron chi connectivity index (χ0n) is 13.5. The molecule has 2 N–H and O–H groups in total. The Bertz CT molecular complexity index is 596. The van der Waals surface area contributed by atoms with E-state index < -0.39 is 17.3 Å². The van der Waals surface area contributed by atoms with Crippen molar-refractivity contribution in [3.8, 4) is 5.75 Å². The SMILES string of the molecule is COc1ccc(Br)cc1/C=C1/N[SH](CCCCCCC(=O)O)OO1. The molecule has 0 saturated carbocycles. The summed E-state index contributed by atoms with van der Waals surface area (Å²) in [4.78, 5) is 15.7. The van der Waals surface area contributed by atoms with Crippen LogP contribution in [0.1, 0.15) is 37.7 Å². The Morgan fingerprint density at radius 2 is 2.17 bits per heavy atom. The fraction of sp³-hybridized carbons (Fsp3) is 0.438. The Labute approximate surface area is 152 Å². The summed E-state index contributed by atoms with van der Waals surface area (Å²) in [5.41, 5.74) is 0.892. The first-order chi connectivity index (χ1) is 11.6. The zero-order valence-corrected chi connectivity index (χ0v) is 15.9. The van der Waals surface area contributed by atoms with Crippen molar-refractivity contribution in [2.75, 3.05) is 12.9 Å². The van der Waals surface area contributed by atoms with Gasteiger partial charge in [0.05, 0.1) is 7.11 Å². The van der Waals surface area contributed by atoms with Gasteiger partial charge in [0.15, 0.2) is 0 Å². The molecule has 0 bridgehead atoms. The van der Waals surface area contributed by atoms with Crippen LogP contribution < -0.4 is 9.46 Å². The molecule has 1 unspecified atom stereocenters. The molecule has 1 aliphatic rings. The van der Waals surface area contributed by atoms with Gasteiger partial charge >= 0.3 is 5.97 Å². The van der Waals surface area contributed by atoms with E-state index in [0.717, 1.165) is 47.2 Å². The number of carboxylic acids is 1. The molecule has 134 valence electrons. The van der Waals surface area contributed by atoms with Crippen LogP contribution in [0, 0.1) is 0 Å². The molecular formula is C16H22BrNO5S. The van der Waals surface area contributed by atoms with E-state index in [0.29, 0.717) is 5.88 Å². The molecular weight excluding hydrogens is 398 g/mol. The van der Waals surface area contributed by atoms with Crippen molar-refractivity contribution in [1.29, 1.82) is 0 Å². The van der Waals surface area contributed by atoms with Crippen LogP contribution in [0.2, 0.25) is 0 Å². The van der Waals surface area contributed by atoms with E-state index in [-0.39, 0.29) is 6.42 Å². The first kappa shape index (κ1) is 19.0. The van der Waals surface area contributed by atoms with E-state index >= 15 is 0 Å². The Balaban J connectivity index is 1.76. The lowest BCUT2D eigenvalue weighted by Crippen LogP contribution is -2.04. The number of hydrogen-bond acceptors (Lipinski definition) is 5. The molecule has 1 saturated heterocycles. The lowest BCUT2D eigenvalue weighted by atomic mass is 10.2. The Kier molecular flexibility index (Phi) is 7.74. The second-order valence-corrected chi connectivity index (χ2v) is 7.82. The maximum absolute atomic E-state index is 10.4. The number of thiol groups is 1. The third-order valence-corrected chi connectivity index (χ3v) is 5.37. The van der Waals surface area contributed by atoms with Crippen LogP contribution in [0.5, 0.6) is 5.75 Å². The molecule has 0 aliphatic carbocycles. The Morgan fingerprint density at radius 3 is 2.92 bits per heavy atom. The molecule has 1 atom stereocenters. The predicted molar refractivity (Wildman–Crippen MR) is 98.6 cm³/mol. The highest BCUT2D eigenvalue weighted by atomic mass is 79.9. The van der Waals surface area contributed by atoms with Crippen molar-refractivity contribution in [1.82, 2.24) is 4.72 Å². The maximum atomic E-state index is 10.4. The summed E-state index contributed by atoms with van der Waals surface area (Å²) in [6.45, 7) is 0. The second kappa shape index (κ2) is 9.80. The number of ether oxygens (including phenoxy) is 1. The standard InChI is InChI=1S/C16H22BrNO5S/c1-21-14-8-7-13(17)10-12(14)11-15-18-24(23-22-15)9-5-3-2-4-6-16(19)20/h7-8,10-11,18,24H,2-6,9H2,1H3,(H,19,20)/b15-11-. The minimum Gasteiger partial charge on any atom is -0.496 e. The minimum atomic E-state index is -0.845. The maximum Gasteiger partial charge on any atom is 0.303 e. The van der Waals surface area contributed by atoms with Gasteiger partial charge in [-0.1, -0.05) is 28.8 Å². The number of rotatable bonds is 9. The number of carboxylic acid groups (broad SMARTS) is 1. The zero-order chi connectivity index (χ0) is 17.4. The molecule has 0 radical (unpaired) electrons. The van der Waals surface area contributed by atoms with Crippen LogP contribution >= 0.6 is 27.3 Å². The van der Waals surface area contributed by atoms with Crippen LogP contribution in [0.15, 0.2) is 28.6 Å². The Hall–Kier alpha value is -1.38. The van der Waals surface area contributed by atoms with Crippen molar-refractivity contribution >= 4 is 39.3 Å². The van der Waals surface area contributed by atoms with Crippen LogP contribution in [0.25, 0.3) is 6.08 Å². The highest BCUT2D eigenvalue weighted by Crippen LogP contribution is 2.35. The summed E-state index contributed by atoms with van der Waals surface area (Å²) in [5, 5.41) is 8.59. The normalized spacial score (nSPS) is 19.8. The first-order valence-electron chi connectivity index (χ1n) is 7.74. The van der Waals surface area contributed by atoms with Gasteiger partial charge in [0.1, 0.15) is 5.75 Å². The van der Waals surface area contributed by atoms with Gasteiger partial charge in [0, 0.05) is 28.3 Å². The van der Waals surface area contributed by atoms with Crippen LogP contribution in [0.4, 0.5) is 0 Å². The molecule has 1 aliphatic heterocycles. The van der Waals surface area contributed by atoms with Crippen molar-refractivity contribution < 1.29 is 23.9 Å². The molecule has 0 aromatic heterocycles. The van der Waals surface area contributed by atoms with Gasteiger partial charge in [0.25, 0.3) is 0 Å². The van der Waals surface area contributed by atoms with Gasteiger partial charge < -0.3 is 14.7 Å². The molecule has 1 fully saturated rings. The van der Waals surface area contributed by atoms with Gasteiger partial charge in [-0.3, -0.25) is 9.52 Å². The number of nitrogens with one attached hydrogen (secondary N) is 1. The summed E-state index contributed by atoms with van der Waals surface area (Å²) in [6.07, 6.45) is 5.72. The van der Waals surface area contributed by atoms with Gasteiger partial charge in [-0.25, -0.2) is 0 Å². The molecule has 6 nitrogen and oxygen atoms in total. The van der Waals surface area contributed by atoms with Crippen LogP contribution in [-0.4, -0.2) is 23.9 Å². The molecule has 0 amide bonds. The fourth-order valence-corrected chi connectivity index (χ4v) is 3.87. The van der Waals surface area contributed by atoms with Crippen molar-refractivity contribution in [3.05, 3.63) is 34.1 Å². The lowest BCUT2D eigenvalue weighted by Gasteiger charge is -2.09. The van der Waals surface area contributed by atoms with E-state index in [2.05, 4.69) is 20.7 Å². The quantitative estimate of drug-likeness (QED) is 0.316. The summed E-state index contributed by atoms with van der Waals surface area (Å²) < 4.78 is 14.8. The summed E-state index contributed by atoms with van der Waals surface area (Å²) in [5.74, 6) is 1.47. The molecule has 1 aromatic rings. The number of carbonyl (C=O) groups is 1. The van der Waals surface area contributed by atoms with E-state index in [4.69, 9.17) is 19.1 Å². The molecule has 2 rings (SSSR count). The van der Waals surface area contributed by atoms with Crippen LogP contribution in [0.3, 0.4) is 0 Å². The van der Waals surface area contributed by atoms with Crippen molar-refractivity contribution in [3.63, 3.8) is 0 Å². The van der Waals surface area contributed by atoms with E-state index in [1.54, 1.807) is 7.11 Å². The highest BCUT2D eigenvalue weighted by molar-refractivity contribution is 9.10. The molecule has 1 aromatic carbocycles. The monoisotopic (exact) mass is 419 g/mol. The average molecular weight is 420 g/mol. The lowest BCUT2D eigenvalue weighted by molar-refractivity contribution is -0.137. The summed E-state index contributed by atoms with van der Waals surface area (Å²) >= 11 is 2.60. The number of methoxy groups -OCH3 is 1. The van der Waals surface area contributed by atoms with Crippen molar-refractivity contribution in [2.24, 2.45) is 0 Å². The molecule has 8 heteroatoms. The van der Waals surface area contributed by atoms with E-state index in [9.17, 15) is 4.79 Å². The summed E-state index contributed by atoms with van der Waals surface area (Å²) in [6, 6.07) is 5.74. The summed E-state index contributed by atoms with van der Waals surface area (Å²) in [7, 11) is 1.63. The van der Waals surface area contributed by atoms with E-state index in [1.807, 2.05) is 24.3 Å². The van der Waals surface area contributed by atoms with Gasteiger partial charge in [-0.2, -0.15) is 0 Å². The number of unbranched alkanes of at least 4 members (excludes halogenated alkanes) is 3. The average Bonchev–Trinajstić information content (AvgIpc) is 2.98. The fourth-order valence-electron chi connectivity index (χ4n) is 2.24. The van der Waals surface area contributed by atoms with Crippen molar-refractivity contribution in [2.45, 2.75) is 32.1 Å². The number of benzene rings is 1. The van der Waals surface area contributed by atoms with Crippen LogP contribution in [-0.2, 0) is 14.0 Å². The predicted octanol–water partition coefficient (Wildman–Crippen LogP) is 4.17. The molecule has 1 heterocycles. The number of aliphatic carboxylic acids is 1. The Morgan fingerprint density at radius 1 is 1.38 bits per heavy atom. The van der Waals surface area contributed by atoms with Gasteiger partial charge in [0.2, 0.25) is 5.88 Å². The molecule has 0 spiro atoms.